The SMILES string of the molecule is Cc1noc(C)c1-c1cnc2c(c1)c(CC1CCNCC1)cn2C. The number of nitrogens with one attached hydrogen (secondary N) is 1. The van der Waals surface area contributed by atoms with Crippen molar-refractivity contribution in [3.63, 3.8) is 0 Å². The number of nitrogens with zero attached hydrogens (tertiary/aromatic N) is 3. The standard InChI is InChI=1S/C19H24N4O/c1-12-18(13(2)24-22-12)15-9-17-16(8-14-4-6-20-7-5-14)11-23(3)19(17)21-10-15/h9-11,14,20H,4-8H2,1-3H3. The summed E-state index contributed by atoms with van der Waals surface area (Å²) in [4.78, 5) is 4.71. The fraction of sp³-hybridized carbons (Fsp3) is 0.474. The van der Waals surface area contributed by atoms with Crippen molar-refractivity contribution < 1.29 is 4.52 Å². The molecule has 0 aromatic carbocycles. The Balaban J connectivity index is 1.76. The molecule has 1 saturated heterocycles. The highest BCUT2D eigenvalue weighted by Crippen LogP contribution is 2.31. The van der Waals surface area contributed by atoms with Crippen LogP contribution in [0.5, 0.6) is 0 Å². The maximum absolute atomic E-state index is 5.33. The van der Waals surface area contributed by atoms with E-state index in [1.54, 1.807) is 0 Å². The van der Waals surface area contributed by atoms with Gasteiger partial charge in [-0.1, -0.05) is 5.16 Å². The molecule has 0 radical (unpaired) electrons. The normalized spacial score (nSPS) is 16.1. The van der Waals surface area contributed by atoms with E-state index in [4.69, 9.17) is 9.51 Å². The van der Waals surface area contributed by atoms with Gasteiger partial charge in [0.25, 0.3) is 0 Å². The van der Waals surface area contributed by atoms with Gasteiger partial charge in [0.15, 0.2) is 0 Å². The number of aromatic nitrogens is 3. The van der Waals surface area contributed by atoms with Gasteiger partial charge in [-0.3, -0.25) is 0 Å². The molecule has 4 heterocycles. The molecule has 1 aliphatic rings. The summed E-state index contributed by atoms with van der Waals surface area (Å²) in [5.74, 6) is 1.61. The van der Waals surface area contributed by atoms with Gasteiger partial charge in [-0.15, -0.1) is 0 Å². The highest BCUT2D eigenvalue weighted by atomic mass is 16.5. The van der Waals surface area contributed by atoms with Crippen LogP contribution in [0.3, 0.4) is 0 Å². The summed E-state index contributed by atoms with van der Waals surface area (Å²) in [5.41, 5.74) is 5.54. The van der Waals surface area contributed by atoms with Crippen LogP contribution in [0.2, 0.25) is 0 Å². The van der Waals surface area contributed by atoms with Gasteiger partial charge in [-0.05, 0) is 63.7 Å². The maximum atomic E-state index is 5.33. The Hall–Kier alpha value is -2.14. The molecule has 0 atom stereocenters. The van der Waals surface area contributed by atoms with Crippen LogP contribution >= 0.6 is 0 Å². The lowest BCUT2D eigenvalue weighted by atomic mass is 9.91. The number of hydrogen-bond donors (Lipinski definition) is 1. The summed E-state index contributed by atoms with van der Waals surface area (Å²) >= 11 is 0. The minimum atomic E-state index is 0.763. The monoisotopic (exact) mass is 324 g/mol. The summed E-state index contributed by atoms with van der Waals surface area (Å²) < 4.78 is 7.47. The highest BCUT2D eigenvalue weighted by Gasteiger charge is 2.18. The van der Waals surface area contributed by atoms with Crippen molar-refractivity contribution in [2.24, 2.45) is 13.0 Å². The van der Waals surface area contributed by atoms with Crippen LogP contribution in [-0.2, 0) is 13.5 Å². The van der Waals surface area contributed by atoms with E-state index >= 15 is 0 Å². The van der Waals surface area contributed by atoms with Gasteiger partial charge < -0.3 is 14.4 Å². The van der Waals surface area contributed by atoms with E-state index in [-0.39, 0.29) is 0 Å². The predicted molar refractivity (Wildman–Crippen MR) is 95.0 cm³/mol. The highest BCUT2D eigenvalue weighted by molar-refractivity contribution is 5.85. The largest absolute Gasteiger partial charge is 0.361 e. The van der Waals surface area contributed by atoms with Crippen molar-refractivity contribution in [1.29, 1.82) is 0 Å². The molecular formula is C19H24N4O. The van der Waals surface area contributed by atoms with Crippen molar-refractivity contribution in [3.05, 3.63) is 35.5 Å². The second-order valence-electron chi connectivity index (χ2n) is 6.96. The van der Waals surface area contributed by atoms with E-state index in [0.717, 1.165) is 53.7 Å². The molecule has 5 heteroatoms. The zero-order valence-electron chi connectivity index (χ0n) is 14.6. The zero-order chi connectivity index (χ0) is 16.7. The Morgan fingerprint density at radius 2 is 2.08 bits per heavy atom. The summed E-state index contributed by atoms with van der Waals surface area (Å²) in [7, 11) is 2.08. The van der Waals surface area contributed by atoms with Gasteiger partial charge in [-0.2, -0.15) is 0 Å². The van der Waals surface area contributed by atoms with Crippen molar-refractivity contribution in [3.8, 4) is 11.1 Å². The number of hydrogen-bond acceptors (Lipinski definition) is 4. The first-order chi connectivity index (χ1) is 11.6. The molecule has 0 amide bonds. The van der Waals surface area contributed by atoms with E-state index in [2.05, 4.69) is 34.4 Å². The van der Waals surface area contributed by atoms with Crippen molar-refractivity contribution >= 4 is 11.0 Å². The first kappa shape index (κ1) is 15.4. The summed E-state index contributed by atoms with van der Waals surface area (Å²) in [6.45, 7) is 6.22. The van der Waals surface area contributed by atoms with E-state index in [9.17, 15) is 0 Å². The number of fused-ring (bicyclic) bond motifs is 1. The predicted octanol–water partition coefficient (Wildman–Crippen LogP) is 3.39. The third-order valence-corrected chi connectivity index (χ3v) is 5.19. The molecule has 1 fully saturated rings. The van der Waals surface area contributed by atoms with Crippen LogP contribution < -0.4 is 5.32 Å². The van der Waals surface area contributed by atoms with Gasteiger partial charge in [0, 0.05) is 36.0 Å². The number of rotatable bonds is 3. The molecular weight excluding hydrogens is 300 g/mol. The lowest BCUT2D eigenvalue weighted by Crippen LogP contribution is -2.28. The Kier molecular flexibility index (Phi) is 3.88. The lowest BCUT2D eigenvalue weighted by molar-refractivity contribution is 0.373. The quantitative estimate of drug-likeness (QED) is 0.802. The van der Waals surface area contributed by atoms with Crippen LogP contribution in [0.15, 0.2) is 23.0 Å². The van der Waals surface area contributed by atoms with Crippen LogP contribution in [0.25, 0.3) is 22.2 Å². The molecule has 4 rings (SSSR count). The summed E-state index contributed by atoms with van der Waals surface area (Å²) in [5, 5.41) is 8.78. The first-order valence-electron chi connectivity index (χ1n) is 8.71. The zero-order valence-corrected chi connectivity index (χ0v) is 14.6. The van der Waals surface area contributed by atoms with Gasteiger partial charge in [-0.25, -0.2) is 4.98 Å². The average Bonchev–Trinajstić information content (AvgIpc) is 3.08. The van der Waals surface area contributed by atoms with Crippen molar-refractivity contribution in [1.82, 2.24) is 20.0 Å². The average molecular weight is 324 g/mol. The Morgan fingerprint density at radius 1 is 1.29 bits per heavy atom. The number of aryl methyl sites for hydroxylation is 3. The molecule has 0 bridgehead atoms. The molecule has 1 aliphatic heterocycles. The van der Waals surface area contributed by atoms with Gasteiger partial charge in [0.2, 0.25) is 0 Å². The Bertz CT molecular complexity index is 851. The van der Waals surface area contributed by atoms with E-state index in [1.165, 1.54) is 23.8 Å². The third kappa shape index (κ3) is 2.63. The van der Waals surface area contributed by atoms with Gasteiger partial charge in [0.1, 0.15) is 11.4 Å². The molecule has 24 heavy (non-hydrogen) atoms. The lowest BCUT2D eigenvalue weighted by Gasteiger charge is -2.22. The van der Waals surface area contributed by atoms with E-state index in [0.29, 0.717) is 0 Å². The fourth-order valence-corrected chi connectivity index (χ4v) is 3.93. The van der Waals surface area contributed by atoms with E-state index < -0.39 is 0 Å². The Labute approximate surface area is 142 Å². The minimum absolute atomic E-state index is 0.763. The van der Waals surface area contributed by atoms with Crippen molar-refractivity contribution in [2.75, 3.05) is 13.1 Å². The molecule has 0 aliphatic carbocycles. The second kappa shape index (κ2) is 6.06. The molecule has 1 N–H and O–H groups in total. The maximum Gasteiger partial charge on any atom is 0.141 e. The third-order valence-electron chi connectivity index (χ3n) is 5.19. The minimum Gasteiger partial charge on any atom is -0.361 e. The van der Waals surface area contributed by atoms with Gasteiger partial charge >= 0.3 is 0 Å². The first-order valence-corrected chi connectivity index (χ1v) is 8.71. The molecule has 0 spiro atoms. The van der Waals surface area contributed by atoms with Crippen LogP contribution in [0.1, 0.15) is 29.9 Å². The van der Waals surface area contributed by atoms with Gasteiger partial charge in [0.05, 0.1) is 5.69 Å². The van der Waals surface area contributed by atoms with Crippen LogP contribution in [0.4, 0.5) is 0 Å². The van der Waals surface area contributed by atoms with Crippen LogP contribution in [0, 0.1) is 19.8 Å². The summed E-state index contributed by atoms with van der Waals surface area (Å²) in [6, 6.07) is 2.26. The Morgan fingerprint density at radius 3 is 2.79 bits per heavy atom. The smallest absolute Gasteiger partial charge is 0.141 e. The molecule has 0 saturated carbocycles. The van der Waals surface area contributed by atoms with Crippen molar-refractivity contribution in [2.45, 2.75) is 33.1 Å². The molecule has 3 aromatic rings. The molecule has 126 valence electrons. The fourth-order valence-electron chi connectivity index (χ4n) is 3.93. The topological polar surface area (TPSA) is 55.9 Å². The second-order valence-corrected chi connectivity index (χ2v) is 6.96. The number of piperidine rings is 1. The molecule has 3 aromatic heterocycles. The number of pyridine rings is 1. The summed E-state index contributed by atoms with van der Waals surface area (Å²) in [6.07, 6.45) is 7.83. The van der Waals surface area contributed by atoms with Crippen LogP contribution in [-0.4, -0.2) is 27.8 Å². The molecule has 5 nitrogen and oxygen atoms in total. The van der Waals surface area contributed by atoms with E-state index in [1.807, 2.05) is 20.0 Å². The molecule has 0 unspecified atom stereocenters.